The number of anilines is 1. The Bertz CT molecular complexity index is 416. The van der Waals surface area contributed by atoms with Crippen LogP contribution >= 0.6 is 0 Å². The minimum absolute atomic E-state index is 0.139. The van der Waals surface area contributed by atoms with Crippen molar-refractivity contribution in [3.63, 3.8) is 0 Å². The molecule has 0 bridgehead atoms. The number of halogens is 3. The van der Waals surface area contributed by atoms with Gasteiger partial charge in [0.1, 0.15) is 0 Å². The molecule has 0 spiro atoms. The summed E-state index contributed by atoms with van der Waals surface area (Å²) in [5.74, 6) is -1.96. The standard InChI is InChI=1S/C12H15F3N2O/c1-8(2)16-7-9-4-3-5-10(6-9)17-11(18)12(13,14)15/h3-6,8,16H,7H2,1-2H3,(H,17,18). The largest absolute Gasteiger partial charge is 0.471 e. The van der Waals surface area contributed by atoms with E-state index in [1.165, 1.54) is 12.1 Å². The molecule has 0 saturated carbocycles. The Balaban J connectivity index is 2.68. The second kappa shape index (κ2) is 5.86. The first kappa shape index (κ1) is 14.5. The number of benzene rings is 1. The summed E-state index contributed by atoms with van der Waals surface area (Å²) in [5, 5.41) is 4.96. The minimum atomic E-state index is -4.87. The molecule has 0 fully saturated rings. The van der Waals surface area contributed by atoms with E-state index < -0.39 is 12.1 Å². The van der Waals surface area contributed by atoms with Crippen LogP contribution in [0.5, 0.6) is 0 Å². The normalized spacial score (nSPS) is 11.7. The predicted octanol–water partition coefficient (Wildman–Crippen LogP) is 2.69. The SMILES string of the molecule is CC(C)NCc1cccc(NC(=O)C(F)(F)F)c1. The Labute approximate surface area is 103 Å². The molecule has 0 aliphatic rings. The quantitative estimate of drug-likeness (QED) is 0.874. The molecule has 0 atom stereocenters. The van der Waals surface area contributed by atoms with Crippen LogP contribution in [-0.4, -0.2) is 18.1 Å². The van der Waals surface area contributed by atoms with Crippen molar-refractivity contribution in [1.82, 2.24) is 5.32 Å². The van der Waals surface area contributed by atoms with E-state index in [0.717, 1.165) is 5.56 Å². The van der Waals surface area contributed by atoms with Crippen LogP contribution in [0, 0.1) is 0 Å². The zero-order chi connectivity index (χ0) is 13.8. The lowest BCUT2D eigenvalue weighted by atomic mass is 10.2. The highest BCUT2D eigenvalue weighted by Gasteiger charge is 2.38. The van der Waals surface area contributed by atoms with Crippen molar-refractivity contribution in [2.45, 2.75) is 32.6 Å². The van der Waals surface area contributed by atoms with E-state index in [2.05, 4.69) is 5.32 Å². The van der Waals surface area contributed by atoms with E-state index in [1.807, 2.05) is 19.2 Å². The van der Waals surface area contributed by atoms with Gasteiger partial charge >= 0.3 is 12.1 Å². The number of carbonyl (C=O) groups excluding carboxylic acids is 1. The molecule has 0 aliphatic carbocycles. The summed E-state index contributed by atoms with van der Waals surface area (Å²) in [6.07, 6.45) is -4.87. The second-order valence-corrected chi connectivity index (χ2v) is 4.19. The summed E-state index contributed by atoms with van der Waals surface area (Å²) in [4.78, 5) is 10.8. The van der Waals surface area contributed by atoms with Gasteiger partial charge in [-0.1, -0.05) is 26.0 Å². The summed E-state index contributed by atoms with van der Waals surface area (Å²) >= 11 is 0. The van der Waals surface area contributed by atoms with Gasteiger partial charge in [-0.3, -0.25) is 4.79 Å². The Morgan fingerprint density at radius 1 is 1.33 bits per heavy atom. The number of rotatable bonds is 4. The number of amides is 1. The van der Waals surface area contributed by atoms with Gasteiger partial charge in [-0.05, 0) is 17.7 Å². The number of hydrogen-bond donors (Lipinski definition) is 2. The molecule has 0 unspecified atom stereocenters. The minimum Gasteiger partial charge on any atom is -0.318 e. The van der Waals surface area contributed by atoms with Crippen LogP contribution in [0.3, 0.4) is 0 Å². The number of alkyl halides is 3. The molecule has 1 amide bonds. The van der Waals surface area contributed by atoms with E-state index >= 15 is 0 Å². The summed E-state index contributed by atoms with van der Waals surface area (Å²) in [7, 11) is 0. The lowest BCUT2D eigenvalue weighted by molar-refractivity contribution is -0.167. The molecular formula is C12H15F3N2O. The fourth-order valence-corrected chi connectivity index (χ4v) is 1.28. The van der Waals surface area contributed by atoms with E-state index in [9.17, 15) is 18.0 Å². The molecule has 1 rings (SSSR count). The predicted molar refractivity (Wildman–Crippen MR) is 63.1 cm³/mol. The van der Waals surface area contributed by atoms with Crippen molar-refractivity contribution in [2.24, 2.45) is 0 Å². The van der Waals surface area contributed by atoms with E-state index in [-0.39, 0.29) is 11.7 Å². The zero-order valence-corrected chi connectivity index (χ0v) is 10.1. The molecule has 0 aliphatic heterocycles. The molecule has 1 aromatic carbocycles. The average molecular weight is 260 g/mol. The molecule has 18 heavy (non-hydrogen) atoms. The maximum atomic E-state index is 12.1. The van der Waals surface area contributed by atoms with Crippen LogP contribution < -0.4 is 10.6 Å². The van der Waals surface area contributed by atoms with Crippen molar-refractivity contribution in [1.29, 1.82) is 0 Å². The molecule has 0 saturated heterocycles. The average Bonchev–Trinajstić information content (AvgIpc) is 2.25. The maximum absolute atomic E-state index is 12.1. The highest BCUT2D eigenvalue weighted by atomic mass is 19.4. The van der Waals surface area contributed by atoms with E-state index in [1.54, 1.807) is 12.1 Å². The maximum Gasteiger partial charge on any atom is 0.471 e. The summed E-state index contributed by atoms with van der Waals surface area (Å²) in [6, 6.07) is 6.59. The molecule has 0 aromatic heterocycles. The second-order valence-electron chi connectivity index (χ2n) is 4.19. The van der Waals surface area contributed by atoms with Gasteiger partial charge < -0.3 is 10.6 Å². The van der Waals surface area contributed by atoms with Crippen molar-refractivity contribution < 1.29 is 18.0 Å². The van der Waals surface area contributed by atoms with Gasteiger partial charge in [0.05, 0.1) is 0 Å². The Hall–Kier alpha value is -1.56. The molecule has 0 radical (unpaired) electrons. The molecule has 100 valence electrons. The first-order valence-electron chi connectivity index (χ1n) is 5.49. The molecule has 6 heteroatoms. The van der Waals surface area contributed by atoms with Crippen LogP contribution in [0.15, 0.2) is 24.3 Å². The van der Waals surface area contributed by atoms with Crippen LogP contribution in [-0.2, 0) is 11.3 Å². The fourth-order valence-electron chi connectivity index (χ4n) is 1.28. The molecule has 2 N–H and O–H groups in total. The van der Waals surface area contributed by atoms with Gasteiger partial charge in [-0.15, -0.1) is 0 Å². The number of nitrogens with one attached hydrogen (secondary N) is 2. The smallest absolute Gasteiger partial charge is 0.318 e. The summed E-state index contributed by atoms with van der Waals surface area (Å²) in [6.45, 7) is 4.47. The number of carbonyl (C=O) groups is 1. The lowest BCUT2D eigenvalue weighted by Gasteiger charge is -2.11. The Morgan fingerprint density at radius 3 is 2.56 bits per heavy atom. The fraction of sp³-hybridized carbons (Fsp3) is 0.417. The first-order chi connectivity index (χ1) is 8.29. The van der Waals surface area contributed by atoms with Crippen molar-refractivity contribution in [3.8, 4) is 0 Å². The number of hydrogen-bond acceptors (Lipinski definition) is 2. The van der Waals surface area contributed by atoms with Gasteiger partial charge in [-0.25, -0.2) is 0 Å². The molecular weight excluding hydrogens is 245 g/mol. The first-order valence-corrected chi connectivity index (χ1v) is 5.49. The molecule has 0 heterocycles. The zero-order valence-electron chi connectivity index (χ0n) is 10.1. The van der Waals surface area contributed by atoms with Crippen molar-refractivity contribution in [3.05, 3.63) is 29.8 Å². The van der Waals surface area contributed by atoms with E-state index in [0.29, 0.717) is 6.54 Å². The molecule has 1 aromatic rings. The molecule has 3 nitrogen and oxygen atoms in total. The van der Waals surface area contributed by atoms with Crippen molar-refractivity contribution >= 4 is 11.6 Å². The highest BCUT2D eigenvalue weighted by molar-refractivity contribution is 5.94. The van der Waals surface area contributed by atoms with Gasteiger partial charge in [0, 0.05) is 18.3 Å². The van der Waals surface area contributed by atoms with Gasteiger partial charge in [0.2, 0.25) is 0 Å². The van der Waals surface area contributed by atoms with Gasteiger partial charge in [0.25, 0.3) is 0 Å². The van der Waals surface area contributed by atoms with Crippen LogP contribution in [0.25, 0.3) is 0 Å². The van der Waals surface area contributed by atoms with Gasteiger partial charge in [-0.2, -0.15) is 13.2 Å². The monoisotopic (exact) mass is 260 g/mol. The van der Waals surface area contributed by atoms with Crippen LogP contribution in [0.4, 0.5) is 18.9 Å². The van der Waals surface area contributed by atoms with E-state index in [4.69, 9.17) is 0 Å². The van der Waals surface area contributed by atoms with Crippen LogP contribution in [0.1, 0.15) is 19.4 Å². The summed E-state index contributed by atoms with van der Waals surface area (Å²) < 4.78 is 36.2. The van der Waals surface area contributed by atoms with Crippen molar-refractivity contribution in [2.75, 3.05) is 5.32 Å². The third-order valence-corrected chi connectivity index (χ3v) is 2.16. The highest BCUT2D eigenvalue weighted by Crippen LogP contribution is 2.18. The lowest BCUT2D eigenvalue weighted by Crippen LogP contribution is -2.30. The Kier molecular flexibility index (Phi) is 4.72. The van der Waals surface area contributed by atoms with Gasteiger partial charge in [0.15, 0.2) is 0 Å². The topological polar surface area (TPSA) is 41.1 Å². The summed E-state index contributed by atoms with van der Waals surface area (Å²) in [5.41, 5.74) is 0.948. The Morgan fingerprint density at radius 2 is 2.00 bits per heavy atom. The third-order valence-electron chi connectivity index (χ3n) is 2.16. The third kappa shape index (κ3) is 4.75. The van der Waals surface area contributed by atoms with Crippen LogP contribution in [0.2, 0.25) is 0 Å².